The maximum absolute atomic E-state index is 13.8. The van der Waals surface area contributed by atoms with E-state index in [1.807, 2.05) is 35.2 Å². The predicted molar refractivity (Wildman–Crippen MR) is 86.8 cm³/mol. The Kier molecular flexibility index (Phi) is 4.07. The van der Waals surface area contributed by atoms with Crippen LogP contribution in [-0.4, -0.2) is 15.4 Å². The number of benzene rings is 2. The minimum Gasteiger partial charge on any atom is -0.324 e. The molecule has 0 atom stereocenters. The van der Waals surface area contributed by atoms with E-state index >= 15 is 0 Å². The molecule has 6 nitrogen and oxygen atoms in total. The zero-order valence-corrected chi connectivity index (χ0v) is 12.3. The van der Waals surface area contributed by atoms with Crippen molar-refractivity contribution in [1.29, 1.82) is 0 Å². The number of carbonyl (C=O) groups is 1. The Bertz CT molecular complexity index is 907. The molecule has 0 bridgehead atoms. The topological polar surface area (TPSA) is 77.2 Å². The molecule has 1 heterocycles. The number of anilines is 1. The van der Waals surface area contributed by atoms with E-state index < -0.39 is 16.6 Å². The monoisotopic (exact) mass is 325 g/mol. The van der Waals surface area contributed by atoms with Crippen molar-refractivity contribution in [2.24, 2.45) is 0 Å². The molecule has 0 aliphatic heterocycles. The number of hydrogen-bond acceptors (Lipinski definition) is 3. The lowest BCUT2D eigenvalue weighted by Crippen LogP contribution is -2.13. The van der Waals surface area contributed by atoms with Gasteiger partial charge in [-0.2, -0.15) is 0 Å². The highest BCUT2D eigenvalue weighted by molar-refractivity contribution is 6.04. The van der Waals surface area contributed by atoms with Gasteiger partial charge in [0.1, 0.15) is 5.82 Å². The lowest BCUT2D eigenvalue weighted by molar-refractivity contribution is -0.384. The molecule has 7 heteroatoms. The summed E-state index contributed by atoms with van der Waals surface area (Å²) in [6.45, 7) is 0. The van der Waals surface area contributed by atoms with Crippen LogP contribution in [0.5, 0.6) is 0 Å². The molecule has 0 fully saturated rings. The smallest absolute Gasteiger partial charge is 0.271 e. The first-order chi connectivity index (χ1) is 11.5. The molecule has 0 saturated heterocycles. The summed E-state index contributed by atoms with van der Waals surface area (Å²) >= 11 is 0. The van der Waals surface area contributed by atoms with E-state index in [-0.39, 0.29) is 11.4 Å². The largest absolute Gasteiger partial charge is 0.324 e. The van der Waals surface area contributed by atoms with Gasteiger partial charge in [0.25, 0.3) is 11.6 Å². The van der Waals surface area contributed by atoms with Gasteiger partial charge in [0.05, 0.1) is 10.6 Å². The molecular weight excluding hydrogens is 313 g/mol. The molecule has 3 aromatic rings. The van der Waals surface area contributed by atoms with Crippen molar-refractivity contribution in [2.75, 3.05) is 5.32 Å². The van der Waals surface area contributed by atoms with Gasteiger partial charge in [-0.15, -0.1) is 0 Å². The van der Waals surface area contributed by atoms with Crippen molar-refractivity contribution >= 4 is 17.3 Å². The molecule has 1 N–H and O–H groups in total. The van der Waals surface area contributed by atoms with Crippen LogP contribution < -0.4 is 5.32 Å². The second-order valence-electron chi connectivity index (χ2n) is 5.02. The Morgan fingerprint density at radius 2 is 1.83 bits per heavy atom. The number of nitro groups is 1. The molecule has 0 saturated carbocycles. The van der Waals surface area contributed by atoms with Gasteiger partial charge in [-0.25, -0.2) is 4.39 Å². The van der Waals surface area contributed by atoms with E-state index in [0.29, 0.717) is 5.56 Å². The maximum atomic E-state index is 13.8. The van der Waals surface area contributed by atoms with Gasteiger partial charge in [-0.3, -0.25) is 14.9 Å². The maximum Gasteiger partial charge on any atom is 0.271 e. The van der Waals surface area contributed by atoms with Crippen LogP contribution in [0.25, 0.3) is 5.69 Å². The number of rotatable bonds is 4. The summed E-state index contributed by atoms with van der Waals surface area (Å²) in [5, 5.41) is 13.1. The molecule has 0 radical (unpaired) electrons. The zero-order chi connectivity index (χ0) is 17.1. The summed E-state index contributed by atoms with van der Waals surface area (Å²) in [5.41, 5.74) is 0.549. The second-order valence-corrected chi connectivity index (χ2v) is 5.02. The number of halogens is 1. The summed E-state index contributed by atoms with van der Waals surface area (Å²) in [6, 6.07) is 13.4. The van der Waals surface area contributed by atoms with Gasteiger partial charge in [-0.1, -0.05) is 6.07 Å². The number of nitrogens with one attached hydrogen (secondary N) is 1. The highest BCUT2D eigenvalue weighted by Crippen LogP contribution is 2.22. The molecule has 0 aliphatic carbocycles. The number of aromatic nitrogens is 1. The first-order valence-corrected chi connectivity index (χ1v) is 7.03. The first-order valence-electron chi connectivity index (χ1n) is 7.03. The summed E-state index contributed by atoms with van der Waals surface area (Å²) in [4.78, 5) is 22.4. The fraction of sp³-hybridized carbons (Fsp3) is 0. The number of amides is 1. The fourth-order valence-electron chi connectivity index (χ4n) is 2.23. The van der Waals surface area contributed by atoms with Crippen molar-refractivity contribution in [3.05, 3.63) is 88.5 Å². The zero-order valence-electron chi connectivity index (χ0n) is 12.3. The van der Waals surface area contributed by atoms with Gasteiger partial charge in [-0.05, 0) is 36.4 Å². The number of non-ortho nitro benzene ring substituents is 1. The standard InChI is InChI=1S/C17H12FN3O3/c18-15-7-6-14(21(23)24)11-16(15)19-17(22)12-4-3-5-13(10-12)20-8-1-2-9-20/h1-11H,(H,19,22). The lowest BCUT2D eigenvalue weighted by atomic mass is 10.1. The lowest BCUT2D eigenvalue weighted by Gasteiger charge is -2.08. The van der Waals surface area contributed by atoms with Crippen LogP contribution in [0.3, 0.4) is 0 Å². The van der Waals surface area contributed by atoms with Gasteiger partial charge in [0.15, 0.2) is 0 Å². The van der Waals surface area contributed by atoms with Crippen LogP contribution >= 0.6 is 0 Å². The third kappa shape index (κ3) is 3.14. The molecule has 0 unspecified atom stereocenters. The number of carbonyl (C=O) groups excluding carboxylic acids is 1. The van der Waals surface area contributed by atoms with E-state index in [0.717, 1.165) is 23.9 Å². The predicted octanol–water partition coefficient (Wildman–Crippen LogP) is 3.78. The summed E-state index contributed by atoms with van der Waals surface area (Å²) in [7, 11) is 0. The van der Waals surface area contributed by atoms with Crippen molar-refractivity contribution in [2.45, 2.75) is 0 Å². The first kappa shape index (κ1) is 15.4. The third-order valence-electron chi connectivity index (χ3n) is 3.42. The fourth-order valence-corrected chi connectivity index (χ4v) is 2.23. The van der Waals surface area contributed by atoms with Crippen LogP contribution in [0.15, 0.2) is 67.0 Å². The Balaban J connectivity index is 1.87. The minimum absolute atomic E-state index is 0.236. The number of nitro benzene ring substituents is 1. The SMILES string of the molecule is O=C(Nc1cc([N+](=O)[O-])ccc1F)c1cccc(-n2cccc2)c1. The summed E-state index contributed by atoms with van der Waals surface area (Å²) in [6.07, 6.45) is 3.66. The Hall–Kier alpha value is -3.48. The Morgan fingerprint density at radius 3 is 2.54 bits per heavy atom. The van der Waals surface area contributed by atoms with Gasteiger partial charge < -0.3 is 9.88 Å². The van der Waals surface area contributed by atoms with E-state index in [1.54, 1.807) is 18.2 Å². The van der Waals surface area contributed by atoms with Crippen LogP contribution in [0.4, 0.5) is 15.8 Å². The highest BCUT2D eigenvalue weighted by Gasteiger charge is 2.14. The van der Waals surface area contributed by atoms with Crippen molar-refractivity contribution in [1.82, 2.24) is 4.57 Å². The average Bonchev–Trinajstić information content (AvgIpc) is 3.11. The van der Waals surface area contributed by atoms with Crippen molar-refractivity contribution < 1.29 is 14.1 Å². The third-order valence-corrected chi connectivity index (χ3v) is 3.42. The molecule has 0 aliphatic rings. The van der Waals surface area contributed by atoms with E-state index in [2.05, 4.69) is 5.32 Å². The van der Waals surface area contributed by atoms with Crippen LogP contribution in [0.2, 0.25) is 0 Å². The van der Waals surface area contributed by atoms with Crippen molar-refractivity contribution in [3.63, 3.8) is 0 Å². The Labute approximate surface area is 136 Å². The normalized spacial score (nSPS) is 10.4. The van der Waals surface area contributed by atoms with Gasteiger partial charge in [0.2, 0.25) is 0 Å². The highest BCUT2D eigenvalue weighted by atomic mass is 19.1. The van der Waals surface area contributed by atoms with E-state index in [9.17, 15) is 19.3 Å². The summed E-state index contributed by atoms with van der Waals surface area (Å²) in [5.74, 6) is -1.29. The second kappa shape index (κ2) is 6.33. The summed E-state index contributed by atoms with van der Waals surface area (Å²) < 4.78 is 15.6. The van der Waals surface area contributed by atoms with Crippen LogP contribution in [-0.2, 0) is 0 Å². The molecule has 0 spiro atoms. The van der Waals surface area contributed by atoms with Crippen LogP contribution in [0, 0.1) is 15.9 Å². The minimum atomic E-state index is -0.740. The van der Waals surface area contributed by atoms with Crippen molar-refractivity contribution in [3.8, 4) is 5.69 Å². The van der Waals surface area contributed by atoms with Gasteiger partial charge >= 0.3 is 0 Å². The van der Waals surface area contributed by atoms with E-state index in [1.165, 1.54) is 0 Å². The molecule has 3 rings (SSSR count). The molecule has 120 valence electrons. The van der Waals surface area contributed by atoms with E-state index in [4.69, 9.17) is 0 Å². The number of hydrogen-bond donors (Lipinski definition) is 1. The Morgan fingerprint density at radius 1 is 1.08 bits per heavy atom. The number of nitrogens with zero attached hydrogens (tertiary/aromatic N) is 2. The van der Waals surface area contributed by atoms with Gasteiger partial charge in [0, 0.05) is 35.8 Å². The molecular formula is C17H12FN3O3. The molecule has 1 aromatic heterocycles. The average molecular weight is 325 g/mol. The quantitative estimate of drug-likeness (QED) is 0.586. The molecule has 24 heavy (non-hydrogen) atoms. The van der Waals surface area contributed by atoms with Crippen LogP contribution in [0.1, 0.15) is 10.4 Å². The molecule has 2 aromatic carbocycles. The molecule has 1 amide bonds.